The predicted octanol–water partition coefficient (Wildman–Crippen LogP) is 4.23. The van der Waals surface area contributed by atoms with Crippen LogP contribution in [-0.4, -0.2) is 12.1 Å². The number of ether oxygens (including phenoxy) is 1. The molecule has 1 aromatic heterocycles. The van der Waals surface area contributed by atoms with E-state index < -0.39 is 0 Å². The lowest BCUT2D eigenvalue weighted by atomic mass is 10.0. The summed E-state index contributed by atoms with van der Waals surface area (Å²) in [5.41, 5.74) is 3.08. The molecule has 0 aliphatic heterocycles. The second kappa shape index (κ2) is 5.93. The lowest BCUT2D eigenvalue weighted by molar-refractivity contribution is 0.407. The number of rotatable bonds is 4. The lowest BCUT2D eigenvalue weighted by Crippen LogP contribution is -2.09. The normalized spacial score (nSPS) is 12.0. The molecule has 0 radical (unpaired) electrons. The number of hydrogen-bond acceptors (Lipinski definition) is 3. The van der Waals surface area contributed by atoms with Gasteiger partial charge in [-0.2, -0.15) is 0 Å². The second-order valence-corrected chi connectivity index (χ2v) is 4.87. The van der Waals surface area contributed by atoms with Crippen molar-refractivity contribution in [2.45, 2.75) is 19.9 Å². The van der Waals surface area contributed by atoms with Gasteiger partial charge in [0.25, 0.3) is 0 Å². The molecular weight excluding hydrogens is 260 g/mol. The SMILES string of the molecule is COc1cc(C)ccc1C(C)Nc1cnccc1Cl. The van der Waals surface area contributed by atoms with Crippen LogP contribution in [0.4, 0.5) is 5.69 Å². The summed E-state index contributed by atoms with van der Waals surface area (Å²) in [6, 6.07) is 8.01. The average molecular weight is 277 g/mol. The summed E-state index contributed by atoms with van der Waals surface area (Å²) in [6.45, 7) is 4.11. The van der Waals surface area contributed by atoms with Gasteiger partial charge in [0.05, 0.1) is 30.1 Å². The summed E-state index contributed by atoms with van der Waals surface area (Å²) in [5.74, 6) is 0.875. The number of halogens is 1. The Morgan fingerprint density at radius 2 is 2.11 bits per heavy atom. The van der Waals surface area contributed by atoms with E-state index in [0.29, 0.717) is 5.02 Å². The summed E-state index contributed by atoms with van der Waals surface area (Å²) in [5, 5.41) is 4.01. The quantitative estimate of drug-likeness (QED) is 0.908. The minimum Gasteiger partial charge on any atom is -0.496 e. The molecule has 0 saturated carbocycles. The largest absolute Gasteiger partial charge is 0.496 e. The number of benzene rings is 1. The van der Waals surface area contributed by atoms with Crippen molar-refractivity contribution in [1.82, 2.24) is 4.98 Å². The molecule has 0 fully saturated rings. The van der Waals surface area contributed by atoms with Gasteiger partial charge in [0, 0.05) is 11.8 Å². The van der Waals surface area contributed by atoms with E-state index in [-0.39, 0.29) is 6.04 Å². The van der Waals surface area contributed by atoms with Gasteiger partial charge in [-0.1, -0.05) is 23.7 Å². The van der Waals surface area contributed by atoms with Crippen LogP contribution in [0.15, 0.2) is 36.7 Å². The molecule has 4 heteroatoms. The monoisotopic (exact) mass is 276 g/mol. The maximum Gasteiger partial charge on any atom is 0.124 e. The first-order chi connectivity index (χ1) is 9.11. The van der Waals surface area contributed by atoms with Crippen molar-refractivity contribution >= 4 is 17.3 Å². The van der Waals surface area contributed by atoms with Gasteiger partial charge in [0.15, 0.2) is 0 Å². The zero-order valence-electron chi connectivity index (χ0n) is 11.3. The number of pyridine rings is 1. The molecular formula is C15H17ClN2O. The zero-order valence-corrected chi connectivity index (χ0v) is 12.0. The molecule has 3 nitrogen and oxygen atoms in total. The summed E-state index contributed by atoms with van der Waals surface area (Å²) in [6.07, 6.45) is 3.39. The summed E-state index contributed by atoms with van der Waals surface area (Å²) >= 11 is 6.12. The van der Waals surface area contributed by atoms with Gasteiger partial charge in [0.2, 0.25) is 0 Å². The molecule has 1 aromatic carbocycles. The Morgan fingerprint density at radius 1 is 1.32 bits per heavy atom. The van der Waals surface area contributed by atoms with Crippen molar-refractivity contribution in [3.63, 3.8) is 0 Å². The lowest BCUT2D eigenvalue weighted by Gasteiger charge is -2.19. The Kier molecular flexibility index (Phi) is 4.27. The minimum absolute atomic E-state index is 0.0808. The smallest absolute Gasteiger partial charge is 0.124 e. The molecule has 2 rings (SSSR count). The van der Waals surface area contributed by atoms with E-state index in [2.05, 4.69) is 29.4 Å². The van der Waals surface area contributed by atoms with Crippen molar-refractivity contribution in [3.8, 4) is 5.75 Å². The standard InChI is InChI=1S/C15H17ClN2O/c1-10-4-5-12(15(8-10)19-3)11(2)18-14-9-17-7-6-13(14)16/h4-9,11,18H,1-3H3. The second-order valence-electron chi connectivity index (χ2n) is 4.47. The molecule has 0 bridgehead atoms. The third kappa shape index (κ3) is 3.18. The van der Waals surface area contributed by atoms with Crippen molar-refractivity contribution < 1.29 is 4.74 Å². The molecule has 100 valence electrons. The Hall–Kier alpha value is -1.74. The van der Waals surface area contributed by atoms with Gasteiger partial charge in [-0.25, -0.2) is 0 Å². The molecule has 1 heterocycles. The van der Waals surface area contributed by atoms with Crippen LogP contribution in [0.1, 0.15) is 24.1 Å². The molecule has 0 aliphatic rings. The van der Waals surface area contributed by atoms with Crippen LogP contribution >= 0.6 is 11.6 Å². The van der Waals surface area contributed by atoms with E-state index in [1.54, 1.807) is 25.6 Å². The fraction of sp³-hybridized carbons (Fsp3) is 0.267. The maximum atomic E-state index is 6.12. The molecule has 1 atom stereocenters. The Morgan fingerprint density at radius 3 is 2.79 bits per heavy atom. The Balaban J connectivity index is 2.25. The maximum absolute atomic E-state index is 6.12. The first kappa shape index (κ1) is 13.7. The van der Waals surface area contributed by atoms with E-state index in [4.69, 9.17) is 16.3 Å². The van der Waals surface area contributed by atoms with Crippen molar-refractivity contribution in [2.75, 3.05) is 12.4 Å². The van der Waals surface area contributed by atoms with Gasteiger partial charge in [-0.15, -0.1) is 0 Å². The van der Waals surface area contributed by atoms with E-state index in [1.165, 1.54) is 5.56 Å². The molecule has 0 amide bonds. The first-order valence-corrected chi connectivity index (χ1v) is 6.50. The molecule has 0 saturated heterocycles. The number of nitrogens with zero attached hydrogens (tertiary/aromatic N) is 1. The third-order valence-electron chi connectivity index (χ3n) is 3.00. The molecule has 19 heavy (non-hydrogen) atoms. The molecule has 1 unspecified atom stereocenters. The van der Waals surface area contributed by atoms with Crippen LogP contribution in [0.25, 0.3) is 0 Å². The number of hydrogen-bond donors (Lipinski definition) is 1. The summed E-state index contributed by atoms with van der Waals surface area (Å²) < 4.78 is 5.43. The molecule has 2 aromatic rings. The first-order valence-electron chi connectivity index (χ1n) is 6.12. The van der Waals surface area contributed by atoms with Gasteiger partial charge < -0.3 is 10.1 Å². The fourth-order valence-corrected chi connectivity index (χ4v) is 2.13. The van der Waals surface area contributed by atoms with Crippen LogP contribution in [0.3, 0.4) is 0 Å². The van der Waals surface area contributed by atoms with Gasteiger partial charge in [-0.3, -0.25) is 4.98 Å². The fourth-order valence-electron chi connectivity index (χ4n) is 1.97. The van der Waals surface area contributed by atoms with Crippen molar-refractivity contribution in [3.05, 3.63) is 52.8 Å². The third-order valence-corrected chi connectivity index (χ3v) is 3.32. The number of aryl methyl sites for hydroxylation is 1. The molecule has 1 N–H and O–H groups in total. The Bertz CT molecular complexity index is 572. The minimum atomic E-state index is 0.0808. The van der Waals surface area contributed by atoms with E-state index in [1.807, 2.05) is 13.0 Å². The van der Waals surface area contributed by atoms with Crippen LogP contribution in [0.2, 0.25) is 5.02 Å². The number of anilines is 1. The van der Waals surface area contributed by atoms with Gasteiger partial charge in [-0.05, 0) is 31.5 Å². The summed E-state index contributed by atoms with van der Waals surface area (Å²) in [4.78, 5) is 4.07. The van der Waals surface area contributed by atoms with Crippen LogP contribution in [0.5, 0.6) is 5.75 Å². The van der Waals surface area contributed by atoms with Crippen LogP contribution in [-0.2, 0) is 0 Å². The van der Waals surface area contributed by atoms with Crippen LogP contribution < -0.4 is 10.1 Å². The van der Waals surface area contributed by atoms with Crippen molar-refractivity contribution in [1.29, 1.82) is 0 Å². The van der Waals surface area contributed by atoms with Gasteiger partial charge >= 0.3 is 0 Å². The highest BCUT2D eigenvalue weighted by atomic mass is 35.5. The van der Waals surface area contributed by atoms with E-state index in [0.717, 1.165) is 17.0 Å². The highest BCUT2D eigenvalue weighted by Crippen LogP contribution is 2.30. The van der Waals surface area contributed by atoms with Gasteiger partial charge in [0.1, 0.15) is 5.75 Å². The van der Waals surface area contributed by atoms with Crippen LogP contribution in [0, 0.1) is 6.92 Å². The van der Waals surface area contributed by atoms with E-state index in [9.17, 15) is 0 Å². The zero-order chi connectivity index (χ0) is 13.8. The summed E-state index contributed by atoms with van der Waals surface area (Å²) in [7, 11) is 1.68. The Labute approximate surface area is 118 Å². The topological polar surface area (TPSA) is 34.1 Å². The van der Waals surface area contributed by atoms with E-state index >= 15 is 0 Å². The number of nitrogens with one attached hydrogen (secondary N) is 1. The number of aromatic nitrogens is 1. The predicted molar refractivity (Wildman–Crippen MR) is 79.0 cm³/mol. The molecule has 0 aliphatic carbocycles. The van der Waals surface area contributed by atoms with Crippen molar-refractivity contribution in [2.24, 2.45) is 0 Å². The highest BCUT2D eigenvalue weighted by molar-refractivity contribution is 6.33. The average Bonchev–Trinajstić information content (AvgIpc) is 2.41. The molecule has 0 spiro atoms. The number of methoxy groups -OCH3 is 1. The highest BCUT2D eigenvalue weighted by Gasteiger charge is 2.12.